The number of hydrogen-bond acceptors (Lipinski definition) is 4. The number of benzene rings is 2. The largest absolute Gasteiger partial charge is 0.496 e. The number of nitrogens with one attached hydrogen (secondary N) is 1. The molecular weight excluding hydrogens is 311 g/mol. The molecule has 124 valence electrons. The first-order valence-electron chi connectivity index (χ1n) is 7.51. The molecular formula is C18H17FN2O3. The normalized spacial score (nSPS) is 16.3. The number of amides is 1. The van der Waals surface area contributed by atoms with Gasteiger partial charge in [0.1, 0.15) is 11.6 Å². The number of carbonyl (C=O) groups excluding carboxylic acids is 1. The Balaban J connectivity index is 1.69. The highest BCUT2D eigenvalue weighted by atomic mass is 19.1. The van der Waals surface area contributed by atoms with E-state index in [0.29, 0.717) is 29.1 Å². The SMILES string of the molecule is COc1ccccc1C1=NOC(C(=O)Nc2ccc(F)cc2C)C1. The minimum Gasteiger partial charge on any atom is -0.496 e. The maximum atomic E-state index is 13.1. The van der Waals surface area contributed by atoms with Crippen LogP contribution >= 0.6 is 0 Å². The molecule has 1 aliphatic rings. The fourth-order valence-corrected chi connectivity index (χ4v) is 2.54. The van der Waals surface area contributed by atoms with Gasteiger partial charge < -0.3 is 14.9 Å². The molecule has 0 saturated heterocycles. The van der Waals surface area contributed by atoms with Gasteiger partial charge in [0.2, 0.25) is 6.10 Å². The van der Waals surface area contributed by atoms with Crippen LogP contribution in [-0.2, 0) is 9.63 Å². The van der Waals surface area contributed by atoms with Crippen molar-refractivity contribution in [3.8, 4) is 5.75 Å². The van der Waals surface area contributed by atoms with Crippen LogP contribution in [0.3, 0.4) is 0 Å². The Labute approximate surface area is 139 Å². The molecule has 3 rings (SSSR count). The molecule has 0 spiro atoms. The molecule has 2 aromatic rings. The summed E-state index contributed by atoms with van der Waals surface area (Å²) in [5.41, 5.74) is 2.65. The van der Waals surface area contributed by atoms with Gasteiger partial charge in [-0.25, -0.2) is 4.39 Å². The van der Waals surface area contributed by atoms with Crippen LogP contribution < -0.4 is 10.1 Å². The second kappa shape index (κ2) is 6.70. The summed E-state index contributed by atoms with van der Waals surface area (Å²) in [5, 5.41) is 6.76. The third kappa shape index (κ3) is 3.22. The summed E-state index contributed by atoms with van der Waals surface area (Å²) in [5.74, 6) is 0.0121. The molecule has 5 nitrogen and oxygen atoms in total. The van der Waals surface area contributed by atoms with Gasteiger partial charge >= 0.3 is 0 Å². The summed E-state index contributed by atoms with van der Waals surface area (Å²) in [6, 6.07) is 11.6. The van der Waals surface area contributed by atoms with Crippen LogP contribution in [0.5, 0.6) is 5.75 Å². The van der Waals surface area contributed by atoms with Crippen molar-refractivity contribution in [2.75, 3.05) is 12.4 Å². The first kappa shape index (κ1) is 16.0. The lowest BCUT2D eigenvalue weighted by atomic mass is 10.0. The molecule has 0 aromatic heterocycles. The number of ether oxygens (including phenoxy) is 1. The summed E-state index contributed by atoms with van der Waals surface area (Å²) in [6.45, 7) is 1.73. The van der Waals surface area contributed by atoms with Crippen molar-refractivity contribution < 1.29 is 18.8 Å². The topological polar surface area (TPSA) is 59.9 Å². The molecule has 0 bridgehead atoms. The summed E-state index contributed by atoms with van der Waals surface area (Å²) in [6.07, 6.45) is -0.388. The van der Waals surface area contributed by atoms with Crippen molar-refractivity contribution in [2.45, 2.75) is 19.4 Å². The number of anilines is 1. The first-order chi connectivity index (χ1) is 11.6. The van der Waals surface area contributed by atoms with E-state index >= 15 is 0 Å². The van der Waals surface area contributed by atoms with Crippen LogP contribution in [0.25, 0.3) is 0 Å². The number of methoxy groups -OCH3 is 1. The maximum absolute atomic E-state index is 13.1. The highest BCUT2D eigenvalue weighted by Crippen LogP contribution is 2.25. The average molecular weight is 328 g/mol. The van der Waals surface area contributed by atoms with Gasteiger partial charge in [-0.2, -0.15) is 0 Å². The number of nitrogens with zero attached hydrogens (tertiary/aromatic N) is 1. The van der Waals surface area contributed by atoms with E-state index in [1.165, 1.54) is 18.2 Å². The van der Waals surface area contributed by atoms with E-state index < -0.39 is 6.10 Å². The van der Waals surface area contributed by atoms with Gasteiger partial charge in [-0.3, -0.25) is 4.79 Å². The summed E-state index contributed by atoms with van der Waals surface area (Å²) in [4.78, 5) is 17.6. The van der Waals surface area contributed by atoms with Crippen molar-refractivity contribution in [1.29, 1.82) is 0 Å². The number of carbonyl (C=O) groups is 1. The second-order valence-corrected chi connectivity index (χ2v) is 5.48. The van der Waals surface area contributed by atoms with Gasteiger partial charge in [0, 0.05) is 17.7 Å². The monoisotopic (exact) mass is 328 g/mol. The van der Waals surface area contributed by atoms with E-state index in [9.17, 15) is 9.18 Å². The fraction of sp³-hybridized carbons (Fsp3) is 0.222. The maximum Gasteiger partial charge on any atom is 0.268 e. The van der Waals surface area contributed by atoms with Crippen molar-refractivity contribution in [2.24, 2.45) is 5.16 Å². The molecule has 0 aliphatic carbocycles. The smallest absolute Gasteiger partial charge is 0.268 e. The van der Waals surface area contributed by atoms with Crippen LogP contribution in [0.15, 0.2) is 47.6 Å². The zero-order valence-electron chi connectivity index (χ0n) is 13.4. The number of hydrogen-bond donors (Lipinski definition) is 1. The van der Waals surface area contributed by atoms with E-state index in [1.807, 2.05) is 24.3 Å². The Morgan fingerprint density at radius 2 is 2.12 bits per heavy atom. The van der Waals surface area contributed by atoms with Crippen LogP contribution in [0.2, 0.25) is 0 Å². The Kier molecular flexibility index (Phi) is 4.46. The number of rotatable bonds is 4. The Morgan fingerprint density at radius 3 is 2.88 bits per heavy atom. The molecule has 1 unspecified atom stereocenters. The van der Waals surface area contributed by atoms with Crippen molar-refractivity contribution in [3.63, 3.8) is 0 Å². The summed E-state index contributed by atoms with van der Waals surface area (Å²) in [7, 11) is 1.58. The quantitative estimate of drug-likeness (QED) is 0.937. The van der Waals surface area contributed by atoms with E-state index in [2.05, 4.69) is 10.5 Å². The highest BCUT2D eigenvalue weighted by molar-refractivity contribution is 6.07. The van der Waals surface area contributed by atoms with Crippen molar-refractivity contribution in [3.05, 3.63) is 59.4 Å². The Hall–Kier alpha value is -2.89. The Bertz CT molecular complexity index is 805. The molecule has 6 heteroatoms. The molecule has 1 amide bonds. The van der Waals surface area contributed by atoms with Crippen LogP contribution in [-0.4, -0.2) is 24.8 Å². The zero-order chi connectivity index (χ0) is 17.1. The minimum atomic E-state index is -0.727. The summed E-state index contributed by atoms with van der Waals surface area (Å²) < 4.78 is 18.4. The molecule has 1 N–H and O–H groups in total. The number of aryl methyl sites for hydroxylation is 1. The second-order valence-electron chi connectivity index (χ2n) is 5.48. The molecule has 1 atom stereocenters. The lowest BCUT2D eigenvalue weighted by Crippen LogP contribution is -2.28. The van der Waals surface area contributed by atoms with E-state index in [0.717, 1.165) is 5.56 Å². The van der Waals surface area contributed by atoms with E-state index in [1.54, 1.807) is 14.0 Å². The third-order valence-corrected chi connectivity index (χ3v) is 3.83. The molecule has 0 fully saturated rings. The molecule has 1 heterocycles. The predicted molar refractivity (Wildman–Crippen MR) is 88.8 cm³/mol. The lowest BCUT2D eigenvalue weighted by Gasteiger charge is -2.11. The van der Waals surface area contributed by atoms with Gasteiger partial charge in [-0.1, -0.05) is 17.3 Å². The van der Waals surface area contributed by atoms with Gasteiger partial charge in [0.05, 0.1) is 12.8 Å². The first-order valence-corrected chi connectivity index (χ1v) is 7.51. The van der Waals surface area contributed by atoms with Crippen molar-refractivity contribution in [1.82, 2.24) is 0 Å². The molecule has 2 aromatic carbocycles. The van der Waals surface area contributed by atoms with Crippen molar-refractivity contribution >= 4 is 17.3 Å². The third-order valence-electron chi connectivity index (χ3n) is 3.83. The molecule has 24 heavy (non-hydrogen) atoms. The van der Waals surface area contributed by atoms with E-state index in [4.69, 9.17) is 9.57 Å². The lowest BCUT2D eigenvalue weighted by molar-refractivity contribution is -0.125. The predicted octanol–water partition coefficient (Wildman–Crippen LogP) is 3.27. The molecule has 0 saturated carbocycles. The van der Waals surface area contributed by atoms with Gasteiger partial charge in [-0.15, -0.1) is 0 Å². The highest BCUT2D eigenvalue weighted by Gasteiger charge is 2.30. The van der Waals surface area contributed by atoms with Gasteiger partial charge in [0.15, 0.2) is 0 Å². The minimum absolute atomic E-state index is 0.321. The van der Waals surface area contributed by atoms with Gasteiger partial charge in [0.25, 0.3) is 5.91 Å². The average Bonchev–Trinajstić information content (AvgIpc) is 3.07. The molecule has 0 radical (unpaired) electrons. The number of para-hydroxylation sites is 1. The van der Waals surface area contributed by atoms with Crippen LogP contribution in [0.4, 0.5) is 10.1 Å². The van der Waals surface area contributed by atoms with Crippen LogP contribution in [0, 0.1) is 12.7 Å². The number of halogens is 1. The van der Waals surface area contributed by atoms with Crippen LogP contribution in [0.1, 0.15) is 17.5 Å². The van der Waals surface area contributed by atoms with Gasteiger partial charge in [-0.05, 0) is 42.8 Å². The zero-order valence-corrected chi connectivity index (χ0v) is 13.4. The van der Waals surface area contributed by atoms with E-state index in [-0.39, 0.29) is 11.7 Å². The number of oxime groups is 1. The summed E-state index contributed by atoms with van der Waals surface area (Å²) >= 11 is 0. The Morgan fingerprint density at radius 1 is 1.33 bits per heavy atom. The fourth-order valence-electron chi connectivity index (χ4n) is 2.54. The molecule has 1 aliphatic heterocycles. The standard InChI is InChI=1S/C18H17FN2O3/c1-11-9-12(19)7-8-14(11)20-18(22)17-10-15(21-24-17)13-5-3-4-6-16(13)23-2/h3-9,17H,10H2,1-2H3,(H,20,22).